The second kappa shape index (κ2) is 6.69. The molecule has 118 valence electrons. The van der Waals surface area contributed by atoms with E-state index in [4.69, 9.17) is 9.15 Å². The summed E-state index contributed by atoms with van der Waals surface area (Å²) >= 11 is 2.34. The summed E-state index contributed by atoms with van der Waals surface area (Å²) in [5, 5.41) is 1.13. The fraction of sp³-hybridized carbons (Fsp3) is 0.0476. The van der Waals surface area contributed by atoms with Crippen LogP contribution in [0, 0.1) is 3.57 Å². The van der Waals surface area contributed by atoms with E-state index in [0.29, 0.717) is 6.61 Å². The summed E-state index contributed by atoms with van der Waals surface area (Å²) in [5.74, 6) is 1.69. The minimum absolute atomic E-state index is 0.536. The molecule has 1 heterocycles. The largest absolute Gasteiger partial charge is 0.488 e. The zero-order chi connectivity index (χ0) is 16.4. The molecule has 3 aromatic carbocycles. The van der Waals surface area contributed by atoms with Crippen molar-refractivity contribution in [2.24, 2.45) is 0 Å². The third-order valence-corrected chi connectivity index (χ3v) is 4.97. The highest BCUT2D eigenvalue weighted by atomic mass is 127. The number of fused-ring (bicyclic) bond motifs is 1. The number of halogens is 1. The van der Waals surface area contributed by atoms with Gasteiger partial charge in [-0.2, -0.15) is 0 Å². The highest BCUT2D eigenvalue weighted by Crippen LogP contribution is 2.38. The molecule has 0 bridgehead atoms. The SMILES string of the molecule is Ic1c(-c2ccccc2OCc2ccccc2)oc2ccccc12. The van der Waals surface area contributed by atoms with E-state index in [9.17, 15) is 0 Å². The molecule has 0 fully saturated rings. The Kier molecular flexibility index (Phi) is 4.26. The number of benzene rings is 3. The van der Waals surface area contributed by atoms with Gasteiger partial charge in [-0.3, -0.25) is 0 Å². The zero-order valence-corrected chi connectivity index (χ0v) is 15.1. The van der Waals surface area contributed by atoms with Crippen LogP contribution in [0.3, 0.4) is 0 Å². The standard InChI is InChI=1S/C21H15IO2/c22-20-16-10-4-7-13-19(16)24-21(20)17-11-5-6-12-18(17)23-14-15-8-2-1-3-9-15/h1-13H,14H2. The van der Waals surface area contributed by atoms with Crippen molar-refractivity contribution < 1.29 is 9.15 Å². The van der Waals surface area contributed by atoms with E-state index in [2.05, 4.69) is 40.8 Å². The predicted molar refractivity (Wildman–Crippen MR) is 105 cm³/mol. The Bertz CT molecular complexity index is 973. The number of para-hydroxylation sites is 2. The minimum atomic E-state index is 0.536. The van der Waals surface area contributed by atoms with Crippen molar-refractivity contribution in [2.75, 3.05) is 0 Å². The Balaban J connectivity index is 1.71. The Morgan fingerprint density at radius 3 is 2.33 bits per heavy atom. The van der Waals surface area contributed by atoms with Gasteiger partial charge in [0, 0.05) is 5.39 Å². The predicted octanol–water partition coefficient (Wildman–Crippen LogP) is 6.28. The van der Waals surface area contributed by atoms with Crippen LogP contribution in [0.25, 0.3) is 22.3 Å². The van der Waals surface area contributed by atoms with E-state index in [1.54, 1.807) is 0 Å². The molecule has 0 saturated carbocycles. The van der Waals surface area contributed by atoms with Crippen LogP contribution in [-0.2, 0) is 6.61 Å². The normalized spacial score (nSPS) is 10.9. The number of hydrogen-bond acceptors (Lipinski definition) is 2. The smallest absolute Gasteiger partial charge is 0.152 e. The van der Waals surface area contributed by atoms with E-state index in [1.807, 2.05) is 60.7 Å². The summed E-state index contributed by atoms with van der Waals surface area (Å²) in [4.78, 5) is 0. The monoisotopic (exact) mass is 426 g/mol. The van der Waals surface area contributed by atoms with Gasteiger partial charge in [-0.25, -0.2) is 0 Å². The molecule has 0 aliphatic rings. The summed E-state index contributed by atoms with van der Waals surface area (Å²) in [6.45, 7) is 0.536. The summed E-state index contributed by atoms with van der Waals surface area (Å²) < 4.78 is 13.3. The molecular weight excluding hydrogens is 411 g/mol. The van der Waals surface area contributed by atoms with Crippen molar-refractivity contribution >= 4 is 33.6 Å². The molecule has 4 rings (SSSR count). The Morgan fingerprint density at radius 1 is 0.792 bits per heavy atom. The molecule has 3 heteroatoms. The van der Waals surface area contributed by atoms with E-state index >= 15 is 0 Å². The molecule has 0 radical (unpaired) electrons. The maximum atomic E-state index is 6.09. The van der Waals surface area contributed by atoms with E-state index in [-0.39, 0.29) is 0 Å². The minimum Gasteiger partial charge on any atom is -0.488 e. The average molecular weight is 426 g/mol. The number of rotatable bonds is 4. The Labute approximate surface area is 154 Å². The molecule has 1 aromatic heterocycles. The lowest BCUT2D eigenvalue weighted by atomic mass is 10.1. The van der Waals surface area contributed by atoms with Gasteiger partial charge in [-0.1, -0.05) is 60.7 Å². The van der Waals surface area contributed by atoms with Crippen molar-refractivity contribution in [2.45, 2.75) is 6.61 Å². The Hall–Kier alpha value is -2.27. The van der Waals surface area contributed by atoms with E-state index in [1.165, 1.54) is 0 Å². The molecular formula is C21H15IO2. The second-order valence-electron chi connectivity index (χ2n) is 5.51. The summed E-state index contributed by atoms with van der Waals surface area (Å²) in [5.41, 5.74) is 3.02. The maximum absolute atomic E-state index is 6.09. The molecule has 0 spiro atoms. The van der Waals surface area contributed by atoms with Crippen LogP contribution in [0.1, 0.15) is 5.56 Å². The molecule has 0 saturated heterocycles. The van der Waals surface area contributed by atoms with Gasteiger partial charge in [0.1, 0.15) is 17.9 Å². The third-order valence-electron chi connectivity index (χ3n) is 3.90. The second-order valence-corrected chi connectivity index (χ2v) is 6.59. The summed E-state index contributed by atoms with van der Waals surface area (Å²) in [6.07, 6.45) is 0. The quantitative estimate of drug-likeness (QED) is 0.358. The van der Waals surface area contributed by atoms with Crippen LogP contribution in [-0.4, -0.2) is 0 Å². The Morgan fingerprint density at radius 2 is 1.50 bits per heavy atom. The van der Waals surface area contributed by atoms with Crippen LogP contribution < -0.4 is 4.74 Å². The van der Waals surface area contributed by atoms with Crippen molar-refractivity contribution in [3.05, 3.63) is 88.0 Å². The summed E-state index contributed by atoms with van der Waals surface area (Å²) in [6, 6.07) is 26.3. The van der Waals surface area contributed by atoms with Gasteiger partial charge in [-0.05, 0) is 46.4 Å². The van der Waals surface area contributed by atoms with Gasteiger partial charge < -0.3 is 9.15 Å². The molecule has 2 nitrogen and oxygen atoms in total. The molecule has 4 aromatic rings. The average Bonchev–Trinajstić information content (AvgIpc) is 2.98. The first-order valence-corrected chi connectivity index (χ1v) is 8.84. The fourth-order valence-electron chi connectivity index (χ4n) is 2.70. The third kappa shape index (κ3) is 2.91. The van der Waals surface area contributed by atoms with Crippen molar-refractivity contribution in [3.8, 4) is 17.1 Å². The number of furan rings is 1. The molecule has 0 unspecified atom stereocenters. The van der Waals surface area contributed by atoms with E-state index < -0.39 is 0 Å². The lowest BCUT2D eigenvalue weighted by Crippen LogP contribution is -1.96. The van der Waals surface area contributed by atoms with Crippen LogP contribution in [0.15, 0.2) is 83.3 Å². The fourth-order valence-corrected chi connectivity index (χ4v) is 3.55. The van der Waals surface area contributed by atoms with Gasteiger partial charge in [0.25, 0.3) is 0 Å². The molecule has 0 amide bonds. The van der Waals surface area contributed by atoms with Gasteiger partial charge in [0.15, 0.2) is 5.76 Å². The van der Waals surface area contributed by atoms with Gasteiger partial charge in [-0.15, -0.1) is 0 Å². The van der Waals surface area contributed by atoms with Crippen molar-refractivity contribution in [1.29, 1.82) is 0 Å². The topological polar surface area (TPSA) is 22.4 Å². The number of ether oxygens (including phenoxy) is 1. The van der Waals surface area contributed by atoms with Gasteiger partial charge >= 0.3 is 0 Å². The van der Waals surface area contributed by atoms with Crippen LogP contribution >= 0.6 is 22.6 Å². The lowest BCUT2D eigenvalue weighted by Gasteiger charge is -2.10. The molecule has 0 N–H and O–H groups in total. The highest BCUT2D eigenvalue weighted by Gasteiger charge is 2.16. The summed E-state index contributed by atoms with van der Waals surface area (Å²) in [7, 11) is 0. The molecule has 0 aliphatic heterocycles. The molecule has 0 aliphatic carbocycles. The van der Waals surface area contributed by atoms with Crippen LogP contribution in [0.2, 0.25) is 0 Å². The van der Waals surface area contributed by atoms with Crippen molar-refractivity contribution in [1.82, 2.24) is 0 Å². The van der Waals surface area contributed by atoms with Gasteiger partial charge in [0.2, 0.25) is 0 Å². The van der Waals surface area contributed by atoms with E-state index in [0.717, 1.165) is 37.2 Å². The maximum Gasteiger partial charge on any atom is 0.152 e. The first kappa shape index (κ1) is 15.3. The first-order valence-electron chi connectivity index (χ1n) is 7.76. The molecule has 0 atom stereocenters. The van der Waals surface area contributed by atoms with Crippen LogP contribution in [0.4, 0.5) is 0 Å². The number of hydrogen-bond donors (Lipinski definition) is 0. The highest BCUT2D eigenvalue weighted by molar-refractivity contribution is 14.1. The lowest BCUT2D eigenvalue weighted by molar-refractivity contribution is 0.307. The zero-order valence-electron chi connectivity index (χ0n) is 12.9. The van der Waals surface area contributed by atoms with Crippen molar-refractivity contribution in [3.63, 3.8) is 0 Å². The van der Waals surface area contributed by atoms with Crippen LogP contribution in [0.5, 0.6) is 5.75 Å². The first-order chi connectivity index (χ1) is 11.8. The van der Waals surface area contributed by atoms with Gasteiger partial charge in [0.05, 0.1) is 9.13 Å². The molecule has 24 heavy (non-hydrogen) atoms.